The minimum atomic E-state index is -0.779. The molecule has 1 aliphatic carbocycles. The average Bonchev–Trinajstić information content (AvgIpc) is 1.98. The van der Waals surface area contributed by atoms with Crippen LogP contribution in [-0.4, -0.2) is 35.2 Å². The first-order chi connectivity index (χ1) is 6.55. The summed E-state index contributed by atoms with van der Waals surface area (Å²) in [4.78, 5) is 11.4. The predicted octanol–water partition coefficient (Wildman–Crippen LogP) is 1.02. The molecule has 1 fully saturated rings. The number of aliphatic hydroxyl groups is 1. The zero-order valence-electron chi connectivity index (χ0n) is 8.88. The summed E-state index contributed by atoms with van der Waals surface area (Å²) in [6.45, 7) is 2.12. The van der Waals surface area contributed by atoms with Crippen LogP contribution in [0.15, 0.2) is 0 Å². The van der Waals surface area contributed by atoms with Gasteiger partial charge in [-0.15, -0.1) is 0 Å². The van der Waals surface area contributed by atoms with E-state index in [0.29, 0.717) is 12.3 Å². The molecule has 0 heterocycles. The van der Waals surface area contributed by atoms with Crippen molar-refractivity contribution in [3.63, 3.8) is 0 Å². The molecule has 0 aromatic rings. The highest BCUT2D eigenvalue weighted by Crippen LogP contribution is 2.26. The maximum atomic E-state index is 11.4. The van der Waals surface area contributed by atoms with Crippen molar-refractivity contribution in [2.45, 2.75) is 31.8 Å². The van der Waals surface area contributed by atoms with Crippen LogP contribution in [0.3, 0.4) is 0 Å². The van der Waals surface area contributed by atoms with E-state index >= 15 is 0 Å². The summed E-state index contributed by atoms with van der Waals surface area (Å²) in [6.07, 6.45) is 5.13. The number of hydrogen-bond donors (Lipinski definition) is 2. The van der Waals surface area contributed by atoms with Crippen molar-refractivity contribution in [2.75, 3.05) is 18.6 Å². The molecule has 82 valence electrons. The first kappa shape index (κ1) is 11.9. The fraction of sp³-hybridized carbons (Fsp3) is 0.900. The Labute approximate surface area is 89.6 Å². The van der Waals surface area contributed by atoms with Crippen LogP contribution in [-0.2, 0) is 4.79 Å². The normalized spacial score (nSPS) is 21.1. The molecular formula is C10H19NO2S. The second-order valence-corrected chi connectivity index (χ2v) is 5.14. The molecule has 3 nitrogen and oxygen atoms in total. The van der Waals surface area contributed by atoms with Crippen molar-refractivity contribution in [3.8, 4) is 0 Å². The highest BCUT2D eigenvalue weighted by molar-refractivity contribution is 7.98. The monoisotopic (exact) mass is 217 g/mol. The Morgan fingerprint density at radius 3 is 2.71 bits per heavy atom. The summed E-state index contributed by atoms with van der Waals surface area (Å²) in [5.41, 5.74) is -0.779. The zero-order chi connectivity index (χ0) is 10.6. The number of nitrogens with one attached hydrogen (secondary N) is 1. The Morgan fingerprint density at radius 2 is 2.29 bits per heavy atom. The molecule has 1 atom stereocenters. The zero-order valence-corrected chi connectivity index (χ0v) is 9.69. The van der Waals surface area contributed by atoms with Crippen LogP contribution in [0.25, 0.3) is 0 Å². The van der Waals surface area contributed by atoms with Gasteiger partial charge in [0, 0.05) is 18.2 Å². The van der Waals surface area contributed by atoms with Gasteiger partial charge in [-0.2, -0.15) is 11.8 Å². The van der Waals surface area contributed by atoms with Gasteiger partial charge in [-0.3, -0.25) is 4.79 Å². The van der Waals surface area contributed by atoms with Gasteiger partial charge in [0.15, 0.2) is 0 Å². The van der Waals surface area contributed by atoms with E-state index in [2.05, 4.69) is 5.32 Å². The number of thioether (sulfide) groups is 1. The molecule has 1 aliphatic rings. The van der Waals surface area contributed by atoms with Crippen LogP contribution in [0.4, 0.5) is 0 Å². The van der Waals surface area contributed by atoms with Crippen LogP contribution in [0, 0.1) is 5.92 Å². The standard InChI is InChI=1S/C10H19NO2S/c1-10(13,7-14-2)6-11-9(12)8-4-3-5-8/h8,13H,3-7H2,1-2H3,(H,11,12)/t10-/m1/s1. The predicted molar refractivity (Wildman–Crippen MR) is 59.4 cm³/mol. The maximum Gasteiger partial charge on any atom is 0.223 e. The van der Waals surface area contributed by atoms with Crippen LogP contribution in [0.1, 0.15) is 26.2 Å². The van der Waals surface area contributed by atoms with Crippen LogP contribution >= 0.6 is 11.8 Å². The minimum absolute atomic E-state index is 0.109. The van der Waals surface area contributed by atoms with Gasteiger partial charge >= 0.3 is 0 Å². The molecule has 0 spiro atoms. The first-order valence-electron chi connectivity index (χ1n) is 5.04. The van der Waals surface area contributed by atoms with Crippen molar-refractivity contribution in [1.29, 1.82) is 0 Å². The Kier molecular flexibility index (Phi) is 4.26. The van der Waals surface area contributed by atoms with Crippen molar-refractivity contribution in [1.82, 2.24) is 5.32 Å². The van der Waals surface area contributed by atoms with Crippen molar-refractivity contribution >= 4 is 17.7 Å². The molecule has 0 aromatic heterocycles. The van der Waals surface area contributed by atoms with E-state index in [9.17, 15) is 9.90 Å². The van der Waals surface area contributed by atoms with Crippen LogP contribution in [0.2, 0.25) is 0 Å². The van der Waals surface area contributed by atoms with Crippen LogP contribution < -0.4 is 5.32 Å². The van der Waals surface area contributed by atoms with Gasteiger partial charge in [0.05, 0.1) is 5.60 Å². The molecule has 1 rings (SSSR count). The van der Waals surface area contributed by atoms with Crippen molar-refractivity contribution < 1.29 is 9.90 Å². The summed E-state index contributed by atoms with van der Waals surface area (Å²) in [5, 5.41) is 12.6. The average molecular weight is 217 g/mol. The second kappa shape index (κ2) is 5.03. The van der Waals surface area contributed by atoms with E-state index in [4.69, 9.17) is 0 Å². The molecule has 0 bridgehead atoms. The topological polar surface area (TPSA) is 49.3 Å². The Bertz CT molecular complexity index is 202. The van der Waals surface area contributed by atoms with Gasteiger partial charge in [0.2, 0.25) is 5.91 Å². The Hall–Kier alpha value is -0.220. The maximum absolute atomic E-state index is 11.4. The molecular weight excluding hydrogens is 198 g/mol. The highest BCUT2D eigenvalue weighted by Gasteiger charge is 2.27. The lowest BCUT2D eigenvalue weighted by molar-refractivity contribution is -0.128. The number of amides is 1. The number of carbonyl (C=O) groups excluding carboxylic acids is 1. The number of rotatable bonds is 5. The lowest BCUT2D eigenvalue weighted by Crippen LogP contribution is -2.45. The minimum Gasteiger partial charge on any atom is -0.387 e. The molecule has 0 aromatic carbocycles. The first-order valence-corrected chi connectivity index (χ1v) is 6.43. The van der Waals surface area contributed by atoms with Gasteiger partial charge in [-0.05, 0) is 26.0 Å². The summed E-state index contributed by atoms with van der Waals surface area (Å²) >= 11 is 1.59. The molecule has 0 radical (unpaired) electrons. The second-order valence-electron chi connectivity index (χ2n) is 4.28. The molecule has 0 aliphatic heterocycles. The Balaban J connectivity index is 2.21. The third-order valence-electron chi connectivity index (χ3n) is 2.57. The van der Waals surface area contributed by atoms with Gasteiger partial charge < -0.3 is 10.4 Å². The van der Waals surface area contributed by atoms with E-state index in [1.807, 2.05) is 6.26 Å². The SMILES string of the molecule is CSC[C@](C)(O)CNC(=O)C1CCC1. The fourth-order valence-electron chi connectivity index (χ4n) is 1.45. The molecule has 14 heavy (non-hydrogen) atoms. The number of hydrogen-bond acceptors (Lipinski definition) is 3. The van der Waals surface area contributed by atoms with E-state index in [0.717, 1.165) is 12.8 Å². The van der Waals surface area contributed by atoms with E-state index < -0.39 is 5.60 Å². The van der Waals surface area contributed by atoms with E-state index in [1.54, 1.807) is 18.7 Å². The van der Waals surface area contributed by atoms with E-state index in [1.165, 1.54) is 6.42 Å². The third-order valence-corrected chi connectivity index (χ3v) is 3.49. The van der Waals surface area contributed by atoms with E-state index in [-0.39, 0.29) is 11.8 Å². The summed E-state index contributed by atoms with van der Waals surface area (Å²) in [5.74, 6) is 0.968. The summed E-state index contributed by atoms with van der Waals surface area (Å²) in [6, 6.07) is 0. The van der Waals surface area contributed by atoms with Crippen LogP contribution in [0.5, 0.6) is 0 Å². The van der Waals surface area contributed by atoms with Gasteiger partial charge in [-0.25, -0.2) is 0 Å². The smallest absolute Gasteiger partial charge is 0.223 e. The molecule has 1 amide bonds. The van der Waals surface area contributed by atoms with Crippen molar-refractivity contribution in [2.24, 2.45) is 5.92 Å². The van der Waals surface area contributed by atoms with Gasteiger partial charge in [0.1, 0.15) is 0 Å². The third kappa shape index (κ3) is 3.50. The fourth-order valence-corrected chi connectivity index (χ4v) is 2.18. The van der Waals surface area contributed by atoms with Gasteiger partial charge in [-0.1, -0.05) is 6.42 Å². The number of carbonyl (C=O) groups is 1. The summed E-state index contributed by atoms with van der Waals surface area (Å²) in [7, 11) is 0. The highest BCUT2D eigenvalue weighted by atomic mass is 32.2. The Morgan fingerprint density at radius 1 is 1.64 bits per heavy atom. The molecule has 0 unspecified atom stereocenters. The largest absolute Gasteiger partial charge is 0.387 e. The summed E-state index contributed by atoms with van der Waals surface area (Å²) < 4.78 is 0. The van der Waals surface area contributed by atoms with Gasteiger partial charge in [0.25, 0.3) is 0 Å². The molecule has 2 N–H and O–H groups in total. The molecule has 4 heteroatoms. The molecule has 0 saturated heterocycles. The lowest BCUT2D eigenvalue weighted by atomic mass is 9.85. The lowest BCUT2D eigenvalue weighted by Gasteiger charge is -2.27. The van der Waals surface area contributed by atoms with Crippen molar-refractivity contribution in [3.05, 3.63) is 0 Å². The quantitative estimate of drug-likeness (QED) is 0.723. The molecule has 1 saturated carbocycles.